The second-order valence-electron chi connectivity index (χ2n) is 5.42. The maximum atomic E-state index is 12.3. The van der Waals surface area contributed by atoms with E-state index in [0.717, 1.165) is 19.4 Å². The van der Waals surface area contributed by atoms with Crippen LogP contribution in [-0.2, 0) is 4.79 Å². The van der Waals surface area contributed by atoms with Gasteiger partial charge in [-0.05, 0) is 54.2 Å². The summed E-state index contributed by atoms with van der Waals surface area (Å²) in [5.41, 5.74) is 0.976. The molecule has 114 valence electrons. The van der Waals surface area contributed by atoms with Gasteiger partial charge in [0.1, 0.15) is 0 Å². The molecule has 2 atom stereocenters. The van der Waals surface area contributed by atoms with Crippen LogP contribution in [0.15, 0.2) is 16.6 Å². The predicted molar refractivity (Wildman–Crippen MR) is 84.4 cm³/mol. The largest absolute Gasteiger partial charge is 0.323 e. The van der Waals surface area contributed by atoms with Gasteiger partial charge in [-0.25, -0.2) is 0 Å². The molecule has 2 unspecified atom stereocenters. The van der Waals surface area contributed by atoms with Crippen LogP contribution in [0.3, 0.4) is 0 Å². The molecule has 2 N–H and O–H groups in total. The van der Waals surface area contributed by atoms with Gasteiger partial charge in [0.15, 0.2) is 0 Å². The quantitative estimate of drug-likeness (QED) is 0.644. The number of halogens is 1. The third kappa shape index (κ3) is 3.59. The van der Waals surface area contributed by atoms with Gasteiger partial charge in [0.25, 0.3) is 5.69 Å². The highest BCUT2D eigenvalue weighted by Crippen LogP contribution is 2.31. The van der Waals surface area contributed by atoms with Gasteiger partial charge in [0.2, 0.25) is 5.91 Å². The Hall–Kier alpha value is -1.47. The first-order valence-corrected chi connectivity index (χ1v) is 7.68. The zero-order chi connectivity index (χ0) is 15.6. The summed E-state index contributed by atoms with van der Waals surface area (Å²) in [5.74, 6) is 0.0963. The molecule has 1 aliphatic heterocycles. The van der Waals surface area contributed by atoms with Crippen LogP contribution >= 0.6 is 15.9 Å². The minimum absolute atomic E-state index is 0.00171. The lowest BCUT2D eigenvalue weighted by Crippen LogP contribution is -2.48. The van der Waals surface area contributed by atoms with Crippen molar-refractivity contribution in [2.45, 2.75) is 32.7 Å². The first kappa shape index (κ1) is 15.9. The summed E-state index contributed by atoms with van der Waals surface area (Å²) in [7, 11) is 0. The Labute approximate surface area is 131 Å². The highest BCUT2D eigenvalue weighted by molar-refractivity contribution is 9.10. The van der Waals surface area contributed by atoms with Crippen LogP contribution in [0.25, 0.3) is 0 Å². The molecule has 1 amide bonds. The van der Waals surface area contributed by atoms with Crippen molar-refractivity contribution >= 4 is 33.2 Å². The number of nitrogens with one attached hydrogen (secondary N) is 2. The first-order chi connectivity index (χ1) is 9.90. The van der Waals surface area contributed by atoms with Crippen molar-refractivity contribution in [3.05, 3.63) is 32.3 Å². The van der Waals surface area contributed by atoms with Crippen molar-refractivity contribution in [1.82, 2.24) is 5.32 Å². The van der Waals surface area contributed by atoms with E-state index in [1.807, 2.05) is 6.92 Å². The number of amides is 1. The summed E-state index contributed by atoms with van der Waals surface area (Å²) >= 11 is 3.34. The summed E-state index contributed by atoms with van der Waals surface area (Å²) in [6, 6.07) is 2.78. The standard InChI is InChI=1S/C14H18BrN3O3/c1-8-4-3-5-16-13(8)14(19)17-11-7-12(18(20)21)9(2)6-10(11)15/h6-8,13,16H,3-5H2,1-2H3,(H,17,19). The van der Waals surface area contributed by atoms with E-state index in [1.165, 1.54) is 6.07 Å². The molecule has 2 rings (SSSR count). The van der Waals surface area contributed by atoms with Crippen LogP contribution in [0.5, 0.6) is 0 Å². The topological polar surface area (TPSA) is 84.3 Å². The number of anilines is 1. The fraction of sp³-hybridized carbons (Fsp3) is 0.500. The molecule has 1 fully saturated rings. The lowest BCUT2D eigenvalue weighted by atomic mass is 9.92. The van der Waals surface area contributed by atoms with E-state index in [1.54, 1.807) is 13.0 Å². The minimum Gasteiger partial charge on any atom is -0.323 e. The number of hydrogen-bond acceptors (Lipinski definition) is 4. The van der Waals surface area contributed by atoms with E-state index < -0.39 is 4.92 Å². The van der Waals surface area contributed by atoms with E-state index in [-0.39, 0.29) is 23.6 Å². The molecule has 1 aliphatic rings. The van der Waals surface area contributed by atoms with Crippen molar-refractivity contribution < 1.29 is 9.72 Å². The smallest absolute Gasteiger partial charge is 0.274 e. The van der Waals surface area contributed by atoms with E-state index in [9.17, 15) is 14.9 Å². The maximum absolute atomic E-state index is 12.3. The number of carbonyl (C=O) groups is 1. The van der Waals surface area contributed by atoms with E-state index in [2.05, 4.69) is 26.6 Å². The highest BCUT2D eigenvalue weighted by atomic mass is 79.9. The molecule has 1 aromatic carbocycles. The maximum Gasteiger partial charge on any atom is 0.274 e. The Morgan fingerprint density at radius 3 is 2.86 bits per heavy atom. The van der Waals surface area contributed by atoms with Gasteiger partial charge < -0.3 is 10.6 Å². The Balaban J connectivity index is 2.20. The van der Waals surface area contributed by atoms with Gasteiger partial charge in [-0.15, -0.1) is 0 Å². The Morgan fingerprint density at radius 1 is 1.52 bits per heavy atom. The van der Waals surface area contributed by atoms with Gasteiger partial charge in [-0.2, -0.15) is 0 Å². The van der Waals surface area contributed by atoms with Gasteiger partial charge in [0, 0.05) is 16.1 Å². The molecule has 0 aromatic heterocycles. The van der Waals surface area contributed by atoms with Crippen molar-refractivity contribution in [3.63, 3.8) is 0 Å². The van der Waals surface area contributed by atoms with Crippen LogP contribution in [-0.4, -0.2) is 23.4 Å². The molecule has 6 nitrogen and oxygen atoms in total. The normalized spacial score (nSPS) is 21.9. The van der Waals surface area contributed by atoms with E-state index in [0.29, 0.717) is 15.7 Å². The van der Waals surface area contributed by atoms with Crippen molar-refractivity contribution in [1.29, 1.82) is 0 Å². The summed E-state index contributed by atoms with van der Waals surface area (Å²) in [6.07, 6.45) is 2.06. The van der Waals surface area contributed by atoms with E-state index >= 15 is 0 Å². The molecule has 0 bridgehead atoms. The molecule has 1 aromatic rings. The van der Waals surface area contributed by atoms with Crippen LogP contribution in [0.4, 0.5) is 11.4 Å². The molecule has 1 heterocycles. The first-order valence-electron chi connectivity index (χ1n) is 6.89. The number of nitro benzene ring substituents is 1. The number of aryl methyl sites for hydroxylation is 1. The zero-order valence-electron chi connectivity index (χ0n) is 12.0. The Kier molecular flexibility index (Phi) is 4.95. The minimum atomic E-state index is -0.446. The number of nitrogens with zero attached hydrogens (tertiary/aromatic N) is 1. The lowest BCUT2D eigenvalue weighted by Gasteiger charge is -2.29. The van der Waals surface area contributed by atoms with Crippen molar-refractivity contribution in [2.24, 2.45) is 5.92 Å². The van der Waals surface area contributed by atoms with Gasteiger partial charge in [0.05, 0.1) is 16.7 Å². The highest BCUT2D eigenvalue weighted by Gasteiger charge is 2.28. The number of carbonyl (C=O) groups excluding carboxylic acids is 1. The SMILES string of the molecule is Cc1cc(Br)c(NC(=O)C2NCCCC2C)cc1[N+](=O)[O-]. The number of nitro groups is 1. The molecular formula is C14H18BrN3O3. The summed E-state index contributed by atoms with van der Waals surface area (Å²) in [4.78, 5) is 22.9. The second kappa shape index (κ2) is 6.53. The summed E-state index contributed by atoms with van der Waals surface area (Å²) in [5, 5.41) is 17.0. The zero-order valence-corrected chi connectivity index (χ0v) is 13.6. The molecule has 7 heteroatoms. The third-order valence-electron chi connectivity index (χ3n) is 3.79. The number of hydrogen-bond donors (Lipinski definition) is 2. The average molecular weight is 356 g/mol. The summed E-state index contributed by atoms with van der Waals surface area (Å²) in [6.45, 7) is 4.51. The molecule has 21 heavy (non-hydrogen) atoms. The van der Waals surface area contributed by atoms with Crippen LogP contribution < -0.4 is 10.6 Å². The molecule has 0 aliphatic carbocycles. The average Bonchev–Trinajstić information content (AvgIpc) is 2.41. The molecule has 0 saturated carbocycles. The number of rotatable bonds is 3. The molecule has 0 radical (unpaired) electrons. The second-order valence-corrected chi connectivity index (χ2v) is 6.27. The number of piperidine rings is 1. The van der Waals surface area contributed by atoms with Crippen molar-refractivity contribution in [3.8, 4) is 0 Å². The predicted octanol–water partition coefficient (Wildman–Crippen LogP) is 2.99. The van der Waals surface area contributed by atoms with E-state index in [4.69, 9.17) is 0 Å². The Bertz CT molecular complexity index is 577. The fourth-order valence-corrected chi connectivity index (χ4v) is 3.12. The lowest BCUT2D eigenvalue weighted by molar-refractivity contribution is -0.385. The molecule has 1 saturated heterocycles. The fourth-order valence-electron chi connectivity index (χ4n) is 2.56. The van der Waals surface area contributed by atoms with Gasteiger partial charge >= 0.3 is 0 Å². The summed E-state index contributed by atoms with van der Waals surface area (Å²) < 4.78 is 0.641. The van der Waals surface area contributed by atoms with Crippen LogP contribution in [0, 0.1) is 23.0 Å². The molecule has 0 spiro atoms. The van der Waals surface area contributed by atoms with Crippen molar-refractivity contribution in [2.75, 3.05) is 11.9 Å². The monoisotopic (exact) mass is 355 g/mol. The molecular weight excluding hydrogens is 338 g/mol. The Morgan fingerprint density at radius 2 is 2.24 bits per heavy atom. The van der Waals surface area contributed by atoms with Crippen LogP contribution in [0.1, 0.15) is 25.3 Å². The van der Waals surface area contributed by atoms with Crippen LogP contribution in [0.2, 0.25) is 0 Å². The number of benzene rings is 1. The van der Waals surface area contributed by atoms with Gasteiger partial charge in [-0.1, -0.05) is 6.92 Å². The third-order valence-corrected chi connectivity index (χ3v) is 4.45. The van der Waals surface area contributed by atoms with Gasteiger partial charge in [-0.3, -0.25) is 14.9 Å².